The Morgan fingerprint density at radius 3 is 2.57 bits per heavy atom. The predicted octanol–water partition coefficient (Wildman–Crippen LogP) is 1.07. The van der Waals surface area contributed by atoms with Crippen LogP contribution in [0.1, 0.15) is 32.1 Å². The van der Waals surface area contributed by atoms with Gasteiger partial charge >= 0.3 is 90.5 Å². The van der Waals surface area contributed by atoms with E-state index in [4.69, 9.17) is 5.11 Å². The van der Waals surface area contributed by atoms with Crippen LogP contribution in [0.5, 0.6) is 0 Å². The molecule has 14 heavy (non-hydrogen) atoms. The molecular weight excluding hydrogens is 245 g/mol. The van der Waals surface area contributed by atoms with Crippen molar-refractivity contribution in [2.45, 2.75) is 48.4 Å². The van der Waals surface area contributed by atoms with E-state index in [0.717, 1.165) is 11.2 Å². The molecule has 1 aliphatic heterocycles. The van der Waals surface area contributed by atoms with Crippen molar-refractivity contribution in [3.8, 4) is 0 Å². The zero-order valence-electron chi connectivity index (χ0n) is 8.24. The Bertz CT molecular complexity index is 216. The molecule has 2 N–H and O–H groups in total. The van der Waals surface area contributed by atoms with Crippen molar-refractivity contribution in [3.05, 3.63) is 0 Å². The van der Waals surface area contributed by atoms with E-state index < -0.39 is 5.97 Å². The zero-order chi connectivity index (χ0) is 9.97. The first-order chi connectivity index (χ1) is 6.77. The molecule has 0 aromatic rings. The summed E-state index contributed by atoms with van der Waals surface area (Å²) >= 11 is 0.505. The second-order valence-electron chi connectivity index (χ2n) is 4.21. The monoisotopic (exact) mass is 263 g/mol. The summed E-state index contributed by atoms with van der Waals surface area (Å²) in [6.07, 6.45) is 6.68. The molecule has 0 amide bonds. The van der Waals surface area contributed by atoms with Gasteiger partial charge in [-0.2, -0.15) is 0 Å². The van der Waals surface area contributed by atoms with E-state index >= 15 is 0 Å². The maximum absolute atomic E-state index is 10.8. The van der Waals surface area contributed by atoms with Gasteiger partial charge in [-0.3, -0.25) is 0 Å². The van der Waals surface area contributed by atoms with Gasteiger partial charge < -0.3 is 0 Å². The molecule has 2 fully saturated rings. The standard InChI is InChI=1S/C10H17NO2Se/c12-10(13)8-6-14-9(11-8)7-4-2-1-3-5-7/h7-9,11H,1-6H2,(H,12,13)/t8-,9?/m1/s1. The average Bonchev–Trinajstić information content (AvgIpc) is 2.68. The van der Waals surface area contributed by atoms with Crippen LogP contribution in [-0.4, -0.2) is 37.0 Å². The molecule has 80 valence electrons. The van der Waals surface area contributed by atoms with Crippen molar-refractivity contribution in [3.63, 3.8) is 0 Å². The number of nitrogens with one attached hydrogen (secondary N) is 1. The summed E-state index contributed by atoms with van der Waals surface area (Å²) in [5, 5.41) is 13.0. The van der Waals surface area contributed by atoms with E-state index in [0.29, 0.717) is 19.9 Å². The van der Waals surface area contributed by atoms with Crippen LogP contribution in [0, 0.1) is 5.92 Å². The van der Waals surface area contributed by atoms with Gasteiger partial charge in [-0.25, -0.2) is 0 Å². The Labute approximate surface area is 90.8 Å². The normalized spacial score (nSPS) is 34.6. The number of aliphatic carboxylic acids is 1. The summed E-state index contributed by atoms with van der Waals surface area (Å²) in [6, 6.07) is -0.248. The third-order valence-corrected chi connectivity index (χ3v) is 6.13. The quantitative estimate of drug-likeness (QED) is 0.732. The van der Waals surface area contributed by atoms with Crippen LogP contribution >= 0.6 is 0 Å². The molecule has 4 heteroatoms. The first-order valence-electron chi connectivity index (χ1n) is 5.38. The second kappa shape index (κ2) is 4.65. The molecule has 1 unspecified atom stereocenters. The Morgan fingerprint density at radius 2 is 2.00 bits per heavy atom. The predicted molar refractivity (Wildman–Crippen MR) is 55.5 cm³/mol. The number of rotatable bonds is 2. The zero-order valence-corrected chi connectivity index (χ0v) is 9.95. The summed E-state index contributed by atoms with van der Waals surface area (Å²) in [4.78, 5) is 11.3. The number of carbonyl (C=O) groups is 1. The minimum atomic E-state index is -0.662. The van der Waals surface area contributed by atoms with Gasteiger partial charge in [0.05, 0.1) is 0 Å². The topological polar surface area (TPSA) is 49.3 Å². The summed E-state index contributed by atoms with van der Waals surface area (Å²) in [5.74, 6) is 0.110. The van der Waals surface area contributed by atoms with Gasteiger partial charge in [-0.15, -0.1) is 0 Å². The van der Waals surface area contributed by atoms with Gasteiger partial charge in [0.1, 0.15) is 0 Å². The van der Waals surface area contributed by atoms with Crippen molar-refractivity contribution in [1.29, 1.82) is 0 Å². The van der Waals surface area contributed by atoms with Crippen LogP contribution in [0.3, 0.4) is 0 Å². The van der Waals surface area contributed by atoms with Crippen molar-refractivity contribution < 1.29 is 9.90 Å². The molecule has 2 rings (SSSR count). The molecule has 1 saturated carbocycles. The molecule has 0 aromatic carbocycles. The van der Waals surface area contributed by atoms with E-state index in [9.17, 15) is 4.79 Å². The molecule has 1 heterocycles. The van der Waals surface area contributed by atoms with Gasteiger partial charge in [0.15, 0.2) is 0 Å². The third kappa shape index (κ3) is 2.30. The molecule has 0 radical (unpaired) electrons. The molecule has 1 saturated heterocycles. The van der Waals surface area contributed by atoms with E-state index in [-0.39, 0.29) is 6.04 Å². The summed E-state index contributed by atoms with van der Waals surface area (Å²) in [5.41, 5.74) is 0. The van der Waals surface area contributed by atoms with Crippen molar-refractivity contribution in [2.24, 2.45) is 5.92 Å². The van der Waals surface area contributed by atoms with Gasteiger partial charge in [0.2, 0.25) is 0 Å². The first kappa shape index (κ1) is 10.5. The first-order valence-corrected chi connectivity index (χ1v) is 7.58. The molecule has 1 aliphatic carbocycles. The Kier molecular flexibility index (Phi) is 3.47. The van der Waals surface area contributed by atoms with Crippen molar-refractivity contribution in [2.75, 3.05) is 0 Å². The molecule has 0 aromatic heterocycles. The summed E-state index contributed by atoms with van der Waals surface area (Å²) < 4.78 is 0. The molecule has 2 aliphatic rings. The minimum absolute atomic E-state index is 0.248. The summed E-state index contributed by atoms with van der Waals surface area (Å²) in [6.45, 7) is 0. The van der Waals surface area contributed by atoms with Gasteiger partial charge in [0, 0.05) is 0 Å². The van der Waals surface area contributed by atoms with Crippen LogP contribution in [0.25, 0.3) is 0 Å². The number of hydrogen-bond donors (Lipinski definition) is 2. The van der Waals surface area contributed by atoms with Crippen LogP contribution in [0.4, 0.5) is 0 Å². The van der Waals surface area contributed by atoms with E-state index in [1.54, 1.807) is 0 Å². The fourth-order valence-corrected chi connectivity index (χ4v) is 5.37. The summed E-state index contributed by atoms with van der Waals surface area (Å²) in [7, 11) is 0. The van der Waals surface area contributed by atoms with E-state index in [1.165, 1.54) is 32.1 Å². The number of carboxylic acids is 1. The molecule has 2 atom stereocenters. The van der Waals surface area contributed by atoms with E-state index in [1.807, 2.05) is 0 Å². The maximum atomic E-state index is 10.8. The Balaban J connectivity index is 1.85. The third-order valence-electron chi connectivity index (χ3n) is 3.18. The second-order valence-corrected chi connectivity index (χ2v) is 6.67. The Morgan fingerprint density at radius 1 is 1.29 bits per heavy atom. The molecule has 3 nitrogen and oxygen atoms in total. The van der Waals surface area contributed by atoms with Crippen molar-refractivity contribution in [1.82, 2.24) is 5.32 Å². The van der Waals surface area contributed by atoms with Crippen molar-refractivity contribution >= 4 is 20.9 Å². The SMILES string of the molecule is O=C(O)[C@H]1C[Se]C(C2CCCCC2)N1. The van der Waals surface area contributed by atoms with Crippen LogP contribution < -0.4 is 5.32 Å². The van der Waals surface area contributed by atoms with Crippen LogP contribution in [-0.2, 0) is 4.79 Å². The van der Waals surface area contributed by atoms with Gasteiger partial charge in [0.25, 0.3) is 0 Å². The molecule has 0 bridgehead atoms. The van der Waals surface area contributed by atoms with Gasteiger partial charge in [-0.05, 0) is 0 Å². The Hall–Kier alpha value is -0.0505. The fraction of sp³-hybridized carbons (Fsp3) is 0.900. The van der Waals surface area contributed by atoms with Crippen LogP contribution in [0.2, 0.25) is 5.32 Å². The fourth-order valence-electron chi connectivity index (χ4n) is 2.35. The molecule has 0 spiro atoms. The number of carboxylic acid groups (broad SMARTS) is 1. The number of hydrogen-bond acceptors (Lipinski definition) is 2. The van der Waals surface area contributed by atoms with Gasteiger partial charge in [-0.1, -0.05) is 0 Å². The average molecular weight is 262 g/mol. The van der Waals surface area contributed by atoms with E-state index in [2.05, 4.69) is 5.32 Å². The molecular formula is C10H17NO2Se. The van der Waals surface area contributed by atoms with Crippen LogP contribution in [0.15, 0.2) is 0 Å².